The summed E-state index contributed by atoms with van der Waals surface area (Å²) >= 11 is 0. The fraction of sp³-hybridized carbons (Fsp3) is 0.192. The summed E-state index contributed by atoms with van der Waals surface area (Å²) in [5.41, 5.74) is 21.6. The maximum Gasteiger partial charge on any atom is 0.271 e. The number of benzene rings is 13. The summed E-state index contributed by atoms with van der Waals surface area (Å²) in [5.74, 6) is -0.641. The van der Waals surface area contributed by atoms with Crippen molar-refractivity contribution in [2.24, 2.45) is 20.5 Å². The van der Waals surface area contributed by atoms with Gasteiger partial charge in [-0.1, -0.05) is 182 Å². The SMILES string of the molecule is CN(C)c1ccc(N=Nc2cc([N+](=O)[O-])ccc2O)c(O)c1.CN(C)c1ccc(N=Nc2cc([N+](=O)[O-])ccc2O)c(O)c1.CN1C(=CC=CC2=[N+](C)c3ccc4ccccc4c3C2(C)C)C(Cc2ccccc2)(Cc2ccc(CC3(Cc4ccccc4)C(=CC=CC4=[N+](C)c5ccc6ccccc6c5C4(C)C)N(C)c4ccccc43)cc2)c2ccccc21.[Co]. The van der Waals surface area contributed by atoms with Crippen molar-refractivity contribution in [3.05, 3.63) is 392 Å². The van der Waals surface area contributed by atoms with E-state index >= 15 is 0 Å². The number of nitro benzene ring substituents is 2. The number of allylic oxidation sites excluding steroid dienone is 8. The van der Waals surface area contributed by atoms with Crippen LogP contribution in [0.15, 0.2) is 347 Å². The standard InChI is InChI=1S/C76H72N4.2C14H14N4O4.Co/c1-73(2)67(79(7)65-47-45-57-29-15-17-31-59(57)71(65)73)37-23-39-69-75(49-53-25-11-9-12-26-53,61-33-19-21-35-63(61)77(69)5)51-55-41-43-56(44-42-55)52-76(50-54-27-13-10-14-28-54)62-34-20-22-36-64(62)78(6)70(76)40-24-38-68-74(3,4)72-60-32-18-16-30-58(60)46-48-66(72)80(68)8;2*1-17(2)9-3-5-11(14(20)8-9)15-16-12-7-10(18(21)22)4-6-13(12)19;/h9-48H,49-52H2,1-8H3;2*3-8,19-20H,1-2H3;/q+2;;;. The predicted octanol–water partition coefficient (Wildman–Crippen LogP) is 23.6. The number of aromatic hydroxyl groups is 4. The Hall–Kier alpha value is -14.4. The molecule has 125 heavy (non-hydrogen) atoms. The van der Waals surface area contributed by atoms with Gasteiger partial charge in [0.25, 0.3) is 11.4 Å². The number of anilines is 4. The number of likely N-dealkylation sites (N-methyl/N-ethyl adjacent to an activating group) is 2. The third-order valence-electron chi connectivity index (χ3n) is 24.6. The summed E-state index contributed by atoms with van der Waals surface area (Å²) in [6.45, 7) is 9.53. The van der Waals surface area contributed by atoms with Gasteiger partial charge in [0.15, 0.2) is 11.4 Å². The van der Waals surface area contributed by atoms with E-state index in [0.717, 1.165) is 61.3 Å². The van der Waals surface area contributed by atoms with Gasteiger partial charge in [-0.2, -0.15) is 9.15 Å². The number of para-hydroxylation sites is 2. The molecule has 0 saturated carbocycles. The summed E-state index contributed by atoms with van der Waals surface area (Å²) in [6.07, 6.45) is 17.7. The molecule has 0 amide bonds. The van der Waals surface area contributed by atoms with Crippen LogP contribution >= 0.6 is 0 Å². The molecule has 20 nitrogen and oxygen atoms in total. The molecule has 4 N–H and O–H groups in total. The summed E-state index contributed by atoms with van der Waals surface area (Å²) < 4.78 is 4.81. The number of fused-ring (bicyclic) bond motifs is 8. The normalized spacial score (nSPS) is 17.1. The third-order valence-corrected chi connectivity index (χ3v) is 24.6. The van der Waals surface area contributed by atoms with E-state index in [1.807, 2.05) is 38.0 Å². The van der Waals surface area contributed by atoms with Crippen LogP contribution in [-0.4, -0.2) is 107 Å². The first-order chi connectivity index (χ1) is 59.6. The van der Waals surface area contributed by atoms with Crippen molar-refractivity contribution in [1.82, 2.24) is 0 Å². The van der Waals surface area contributed by atoms with Gasteiger partial charge in [0, 0.05) is 176 Å². The van der Waals surface area contributed by atoms with Crippen molar-refractivity contribution < 1.29 is 56.2 Å². The zero-order valence-corrected chi connectivity index (χ0v) is 73.0. The van der Waals surface area contributed by atoms with E-state index in [2.05, 4.69) is 338 Å². The Morgan fingerprint density at radius 1 is 0.392 bits per heavy atom. The molecule has 4 aliphatic rings. The average Bonchev–Trinajstić information content (AvgIpc) is 1.61. The predicted molar refractivity (Wildman–Crippen MR) is 500 cm³/mol. The van der Waals surface area contributed by atoms with E-state index in [9.17, 15) is 40.7 Å². The first kappa shape index (κ1) is 87.0. The Morgan fingerprint density at radius 3 is 1.09 bits per heavy atom. The van der Waals surface area contributed by atoms with Gasteiger partial charge in [0.1, 0.15) is 59.8 Å². The van der Waals surface area contributed by atoms with E-state index in [-0.39, 0.29) is 95.6 Å². The molecule has 17 rings (SSSR count). The van der Waals surface area contributed by atoms with Gasteiger partial charge in [-0.25, -0.2) is 0 Å². The van der Waals surface area contributed by atoms with Crippen LogP contribution in [0.3, 0.4) is 0 Å². The Labute approximate surface area is 738 Å². The molecular weight excluding hydrogens is 1600 g/mol. The Balaban J connectivity index is 0.000000229. The molecule has 13 aromatic rings. The molecule has 4 heterocycles. The number of non-ortho nitro benzene ring substituents is 2. The molecule has 21 heteroatoms. The van der Waals surface area contributed by atoms with Gasteiger partial charge in [-0.15, -0.1) is 20.5 Å². The zero-order valence-electron chi connectivity index (χ0n) is 72.0. The summed E-state index contributed by atoms with van der Waals surface area (Å²) in [6, 6.07) is 93.5. The second-order valence-electron chi connectivity index (χ2n) is 33.5. The fourth-order valence-electron chi connectivity index (χ4n) is 18.5. The minimum Gasteiger partial charge on any atom is -0.506 e. The minimum atomic E-state index is -0.595. The smallest absolute Gasteiger partial charge is 0.271 e. The van der Waals surface area contributed by atoms with Crippen LogP contribution in [0.25, 0.3) is 21.5 Å². The van der Waals surface area contributed by atoms with Crippen LogP contribution in [-0.2, 0) is 64.1 Å². The molecule has 0 spiro atoms. The number of hydrogen-bond donors (Lipinski definition) is 4. The van der Waals surface area contributed by atoms with Gasteiger partial charge in [-0.05, 0) is 181 Å². The van der Waals surface area contributed by atoms with Crippen LogP contribution in [0.1, 0.15) is 72.2 Å². The molecule has 13 aromatic carbocycles. The van der Waals surface area contributed by atoms with E-state index in [0.29, 0.717) is 0 Å². The summed E-state index contributed by atoms with van der Waals surface area (Å²) in [4.78, 5) is 28.8. The van der Waals surface area contributed by atoms with Gasteiger partial charge in [0.2, 0.25) is 11.4 Å². The number of phenolic OH excluding ortho intramolecular Hbond substituents is 4. The topological polar surface area (TPSA) is 236 Å². The molecule has 0 aliphatic carbocycles. The van der Waals surface area contributed by atoms with Gasteiger partial charge >= 0.3 is 0 Å². The number of rotatable bonds is 20. The quantitative estimate of drug-likeness (QED) is 0.0241. The van der Waals surface area contributed by atoms with Crippen molar-refractivity contribution in [2.45, 2.75) is 75.0 Å². The van der Waals surface area contributed by atoms with Crippen LogP contribution in [0.5, 0.6) is 23.0 Å². The molecule has 4 aliphatic heterocycles. The van der Waals surface area contributed by atoms with Crippen molar-refractivity contribution in [1.29, 1.82) is 0 Å². The molecule has 631 valence electrons. The molecule has 0 aromatic heterocycles. The van der Waals surface area contributed by atoms with E-state index in [1.54, 1.807) is 24.3 Å². The average molecular weight is 1700 g/mol. The molecule has 0 fully saturated rings. The molecule has 0 saturated heterocycles. The van der Waals surface area contributed by atoms with Crippen molar-refractivity contribution >= 4 is 101 Å². The first-order valence-electron chi connectivity index (χ1n) is 41.2. The second-order valence-corrected chi connectivity index (χ2v) is 33.5. The number of phenols is 4. The van der Waals surface area contributed by atoms with E-state index in [4.69, 9.17) is 0 Å². The van der Waals surface area contributed by atoms with Gasteiger partial charge in [0.05, 0.1) is 20.7 Å². The summed E-state index contributed by atoms with van der Waals surface area (Å²) in [5, 5.41) is 80.8. The van der Waals surface area contributed by atoms with Crippen LogP contribution in [0.4, 0.5) is 68.2 Å². The zero-order chi connectivity index (χ0) is 87.5. The Kier molecular flexibility index (Phi) is 25.0. The van der Waals surface area contributed by atoms with Gasteiger partial charge in [-0.3, -0.25) is 20.2 Å². The van der Waals surface area contributed by atoms with E-state index < -0.39 is 9.85 Å². The first-order valence-corrected chi connectivity index (χ1v) is 41.2. The molecule has 2 atom stereocenters. The fourth-order valence-corrected chi connectivity index (χ4v) is 18.5. The number of nitrogens with zero attached hydrogens (tertiary/aromatic N) is 12. The van der Waals surface area contributed by atoms with Crippen molar-refractivity contribution in [3.63, 3.8) is 0 Å². The summed E-state index contributed by atoms with van der Waals surface area (Å²) in [7, 11) is 16.3. The molecule has 2 unspecified atom stereocenters. The Morgan fingerprint density at radius 2 is 0.728 bits per heavy atom. The minimum absolute atomic E-state index is 0. The largest absolute Gasteiger partial charge is 0.506 e. The van der Waals surface area contributed by atoms with E-state index in [1.165, 1.54) is 136 Å². The molecule has 1 radical (unpaired) electrons. The second kappa shape index (κ2) is 35.9. The van der Waals surface area contributed by atoms with Crippen LogP contribution in [0, 0.1) is 20.2 Å². The van der Waals surface area contributed by atoms with Crippen LogP contribution < -0.4 is 19.6 Å². The number of nitro groups is 2. The van der Waals surface area contributed by atoms with Crippen LogP contribution in [0.2, 0.25) is 0 Å². The monoisotopic (exact) mass is 1700 g/mol. The third kappa shape index (κ3) is 17.2. The Bertz CT molecular complexity index is 6200. The number of hydrogen-bond acceptors (Lipinski definition) is 16. The maximum atomic E-state index is 10.7. The van der Waals surface area contributed by atoms with Gasteiger partial charge < -0.3 is 40.0 Å². The maximum absolute atomic E-state index is 10.7. The molecule has 0 bridgehead atoms. The number of azo groups is 2. The molecular formula is C104H100CoN12O8+2. The van der Waals surface area contributed by atoms with Crippen molar-refractivity contribution in [3.8, 4) is 23.0 Å². The van der Waals surface area contributed by atoms with Crippen molar-refractivity contribution in [2.75, 3.05) is 76.0 Å².